The van der Waals surface area contributed by atoms with Gasteiger partial charge < -0.3 is 47.6 Å². The molecule has 2 N–H and O–H groups in total. The Balaban J connectivity index is 1.75. The summed E-state index contributed by atoms with van der Waals surface area (Å²) in [6.45, 7) is 12.1. The van der Waals surface area contributed by atoms with Crippen LogP contribution in [-0.4, -0.2) is 112 Å². The van der Waals surface area contributed by atoms with Crippen LogP contribution in [0.4, 0.5) is 4.79 Å². The van der Waals surface area contributed by atoms with Crippen molar-refractivity contribution < 1.29 is 41.8 Å². The molecule has 1 saturated carbocycles. The van der Waals surface area contributed by atoms with Crippen LogP contribution in [0.25, 0.3) is 0 Å². The molecule has 1 saturated heterocycles. The number of rotatable bonds is 11. The van der Waals surface area contributed by atoms with Gasteiger partial charge in [-0.3, -0.25) is 0 Å². The first-order chi connectivity index (χ1) is 17.6. The monoisotopic (exact) mass is 536 g/mol. The minimum Gasteiger partial charge on any atom is -0.377 e. The standard InChI is InChI=1S/C24H48N2O9Si/c1-4-33-36(34-5-2,35-6-3)19-7-10-25-24(27)26-21-8-9-22-23(20-21)32-18-16-30-14-12-28-11-13-29-15-17-31-22/h21-23H,4-20H2,1-3H3,(H2,25,26,27). The molecular formula is C24H48N2O9Si. The average Bonchev–Trinajstić information content (AvgIpc) is 2.87. The van der Waals surface area contributed by atoms with E-state index in [1.807, 2.05) is 20.8 Å². The van der Waals surface area contributed by atoms with E-state index in [1.165, 1.54) is 0 Å². The van der Waals surface area contributed by atoms with E-state index in [-0.39, 0.29) is 24.3 Å². The van der Waals surface area contributed by atoms with Gasteiger partial charge in [0.1, 0.15) is 0 Å². The smallest absolute Gasteiger partial charge is 0.377 e. The van der Waals surface area contributed by atoms with E-state index in [4.69, 9.17) is 37.0 Å². The van der Waals surface area contributed by atoms with Crippen LogP contribution in [-0.2, 0) is 37.0 Å². The van der Waals surface area contributed by atoms with Gasteiger partial charge in [-0.05, 0) is 46.5 Å². The van der Waals surface area contributed by atoms with Gasteiger partial charge in [0.15, 0.2) is 0 Å². The summed E-state index contributed by atoms with van der Waals surface area (Å²) < 4.78 is 46.4. The van der Waals surface area contributed by atoms with E-state index in [9.17, 15) is 4.79 Å². The predicted octanol–water partition coefficient (Wildman–Crippen LogP) is 2.11. The summed E-state index contributed by atoms with van der Waals surface area (Å²) in [5.41, 5.74) is 0. The normalized spacial score (nSPS) is 25.2. The largest absolute Gasteiger partial charge is 0.500 e. The number of hydrogen-bond donors (Lipinski definition) is 2. The molecule has 2 rings (SSSR count). The maximum absolute atomic E-state index is 12.6. The maximum atomic E-state index is 12.6. The lowest BCUT2D eigenvalue weighted by Gasteiger charge is -2.36. The SMILES string of the molecule is CCO[Si](CCCNC(=O)NC1CCC2OCCOCCOCCOCCOC2C1)(OCC)OCC. The summed E-state index contributed by atoms with van der Waals surface area (Å²) in [4.78, 5) is 12.6. The first-order valence-corrected chi connectivity index (χ1v) is 15.5. The van der Waals surface area contributed by atoms with Gasteiger partial charge in [-0.15, -0.1) is 0 Å². The molecule has 3 atom stereocenters. The van der Waals surface area contributed by atoms with Crippen LogP contribution in [0.5, 0.6) is 0 Å². The zero-order valence-electron chi connectivity index (χ0n) is 22.4. The first-order valence-electron chi connectivity index (χ1n) is 13.5. The van der Waals surface area contributed by atoms with Crippen LogP contribution in [0, 0.1) is 0 Å². The lowest BCUT2D eigenvalue weighted by Crippen LogP contribution is -2.50. The van der Waals surface area contributed by atoms with Crippen LogP contribution < -0.4 is 10.6 Å². The molecule has 0 spiro atoms. The molecule has 0 aromatic heterocycles. The summed E-state index contributed by atoms with van der Waals surface area (Å²) in [6, 6.07) is 0.509. The van der Waals surface area contributed by atoms with Crippen LogP contribution >= 0.6 is 0 Å². The predicted molar refractivity (Wildman–Crippen MR) is 136 cm³/mol. The third kappa shape index (κ3) is 12.6. The van der Waals surface area contributed by atoms with Crippen molar-refractivity contribution in [3.63, 3.8) is 0 Å². The van der Waals surface area contributed by atoms with Crippen LogP contribution in [0.3, 0.4) is 0 Å². The minimum atomic E-state index is -2.69. The second-order valence-electron chi connectivity index (χ2n) is 8.65. The van der Waals surface area contributed by atoms with E-state index in [1.54, 1.807) is 0 Å². The third-order valence-corrected chi connectivity index (χ3v) is 9.12. The molecule has 11 nitrogen and oxygen atoms in total. The molecule has 2 amide bonds. The second-order valence-corrected chi connectivity index (χ2v) is 11.4. The first kappa shape index (κ1) is 31.4. The number of fused-ring (bicyclic) bond motifs is 1. The van der Waals surface area contributed by atoms with Gasteiger partial charge in [0.2, 0.25) is 0 Å². The van der Waals surface area contributed by atoms with Crippen LogP contribution in [0.1, 0.15) is 46.5 Å². The number of carbonyl (C=O) groups excluding carboxylic acids is 1. The summed E-state index contributed by atoms with van der Waals surface area (Å²) >= 11 is 0. The number of ether oxygens (including phenoxy) is 5. The third-order valence-electron chi connectivity index (χ3n) is 5.97. The van der Waals surface area contributed by atoms with Gasteiger partial charge in [-0.2, -0.15) is 0 Å². The van der Waals surface area contributed by atoms with Crippen LogP contribution in [0.2, 0.25) is 6.04 Å². The fourth-order valence-corrected chi connectivity index (χ4v) is 7.01. The van der Waals surface area contributed by atoms with Gasteiger partial charge in [0.25, 0.3) is 0 Å². The fraction of sp³-hybridized carbons (Fsp3) is 0.958. The zero-order valence-corrected chi connectivity index (χ0v) is 23.4. The summed E-state index contributed by atoms with van der Waals surface area (Å²) in [7, 11) is -2.69. The summed E-state index contributed by atoms with van der Waals surface area (Å²) in [5.74, 6) is 0. The van der Waals surface area contributed by atoms with Crippen molar-refractivity contribution in [1.82, 2.24) is 10.6 Å². The molecule has 2 fully saturated rings. The van der Waals surface area contributed by atoms with Crippen molar-refractivity contribution in [3.05, 3.63) is 0 Å². The van der Waals surface area contributed by atoms with E-state index in [2.05, 4.69) is 10.6 Å². The number of nitrogens with one attached hydrogen (secondary N) is 2. The highest BCUT2D eigenvalue weighted by molar-refractivity contribution is 6.60. The zero-order chi connectivity index (χ0) is 25.9. The van der Waals surface area contributed by atoms with Gasteiger partial charge in [-0.25, -0.2) is 4.79 Å². The highest BCUT2D eigenvalue weighted by atomic mass is 28.4. The number of urea groups is 1. The van der Waals surface area contributed by atoms with Gasteiger partial charge >= 0.3 is 14.8 Å². The quantitative estimate of drug-likeness (QED) is 0.303. The lowest BCUT2D eigenvalue weighted by molar-refractivity contribution is -0.112. The minimum absolute atomic E-state index is 0.0197. The Kier molecular flexibility index (Phi) is 16.8. The molecule has 212 valence electrons. The lowest BCUT2D eigenvalue weighted by atomic mass is 9.90. The molecular weight excluding hydrogens is 488 g/mol. The Morgan fingerprint density at radius 2 is 1.31 bits per heavy atom. The Labute approximate surface area is 217 Å². The molecule has 0 aromatic rings. The van der Waals surface area contributed by atoms with E-state index in [0.29, 0.717) is 91.7 Å². The average molecular weight is 537 g/mol. The van der Waals surface area contributed by atoms with Crippen molar-refractivity contribution >= 4 is 14.8 Å². The topological polar surface area (TPSA) is 115 Å². The molecule has 0 aromatic carbocycles. The summed E-state index contributed by atoms with van der Waals surface area (Å²) in [5, 5.41) is 6.06. The summed E-state index contributed by atoms with van der Waals surface area (Å²) in [6.07, 6.45) is 2.92. The maximum Gasteiger partial charge on any atom is 0.500 e. The molecule has 0 bridgehead atoms. The van der Waals surface area contributed by atoms with Gasteiger partial charge in [0.05, 0.1) is 65.1 Å². The van der Waals surface area contributed by atoms with E-state index in [0.717, 1.165) is 19.3 Å². The Bertz CT molecular complexity index is 559. The number of hydrogen-bond acceptors (Lipinski definition) is 9. The number of carbonyl (C=O) groups is 1. The van der Waals surface area contributed by atoms with E-state index >= 15 is 0 Å². The number of amides is 2. The van der Waals surface area contributed by atoms with E-state index < -0.39 is 8.80 Å². The van der Waals surface area contributed by atoms with Crippen LogP contribution in [0.15, 0.2) is 0 Å². The van der Waals surface area contributed by atoms with Gasteiger partial charge in [0, 0.05) is 38.5 Å². The highest BCUT2D eigenvalue weighted by Crippen LogP contribution is 2.25. The van der Waals surface area contributed by atoms with Crippen molar-refractivity contribution in [1.29, 1.82) is 0 Å². The molecule has 0 radical (unpaired) electrons. The molecule has 1 aliphatic carbocycles. The van der Waals surface area contributed by atoms with Crippen molar-refractivity contribution in [3.8, 4) is 0 Å². The van der Waals surface area contributed by atoms with Crippen molar-refractivity contribution in [2.45, 2.75) is 70.7 Å². The van der Waals surface area contributed by atoms with Crippen molar-refractivity contribution in [2.24, 2.45) is 0 Å². The van der Waals surface area contributed by atoms with Crippen molar-refractivity contribution in [2.75, 3.05) is 79.2 Å². The Morgan fingerprint density at radius 3 is 1.86 bits per heavy atom. The highest BCUT2D eigenvalue weighted by Gasteiger charge is 2.39. The Morgan fingerprint density at radius 1 is 0.778 bits per heavy atom. The molecule has 12 heteroatoms. The molecule has 1 heterocycles. The molecule has 3 unspecified atom stereocenters. The molecule has 2 aliphatic rings. The Hall–Kier alpha value is -0.833. The fourth-order valence-electron chi connectivity index (χ4n) is 4.40. The van der Waals surface area contributed by atoms with Gasteiger partial charge in [-0.1, -0.05) is 0 Å². The molecule has 1 aliphatic heterocycles. The molecule has 36 heavy (non-hydrogen) atoms. The second kappa shape index (κ2) is 19.3.